The van der Waals surface area contributed by atoms with Gasteiger partial charge in [0.15, 0.2) is 0 Å². The van der Waals surface area contributed by atoms with Crippen LogP contribution in [0, 0.1) is 29.1 Å². The molecule has 0 spiro atoms. The summed E-state index contributed by atoms with van der Waals surface area (Å²) < 4.78 is 71.3. The molecule has 2 bridgehead atoms. The van der Waals surface area contributed by atoms with Crippen LogP contribution in [0.4, 0.5) is 26.3 Å². The lowest BCUT2D eigenvalue weighted by atomic mass is 9.49. The van der Waals surface area contributed by atoms with E-state index in [0.717, 1.165) is 43.8 Å². The normalized spacial score (nSPS) is 27.0. The lowest BCUT2D eigenvalue weighted by Gasteiger charge is -2.57. The molecule has 0 radical (unpaired) electrons. The summed E-state index contributed by atoms with van der Waals surface area (Å²) in [5.74, 6) is -1.62. The van der Waals surface area contributed by atoms with E-state index in [1.807, 2.05) is 0 Å². The van der Waals surface area contributed by atoms with Crippen LogP contribution in [0.15, 0.2) is 35.9 Å². The number of allylic oxidation sites excluding steroid dienone is 1. The molecule has 1 aromatic rings. The van der Waals surface area contributed by atoms with Gasteiger partial charge in [0.2, 0.25) is 0 Å². The van der Waals surface area contributed by atoms with E-state index in [2.05, 4.69) is 38.7 Å². The van der Waals surface area contributed by atoms with E-state index in [1.54, 1.807) is 12.1 Å². The van der Waals surface area contributed by atoms with Crippen molar-refractivity contribution in [3.05, 3.63) is 47.0 Å². The van der Waals surface area contributed by atoms with Gasteiger partial charge in [-0.25, -0.2) is 4.79 Å². The first kappa shape index (κ1) is 33.9. The third-order valence-corrected chi connectivity index (χ3v) is 9.33. The van der Waals surface area contributed by atoms with E-state index in [9.17, 15) is 36.2 Å². The van der Waals surface area contributed by atoms with Gasteiger partial charge in [-0.1, -0.05) is 51.5 Å². The molecule has 2 saturated carbocycles. The van der Waals surface area contributed by atoms with E-state index in [0.29, 0.717) is 23.7 Å². The van der Waals surface area contributed by atoms with Gasteiger partial charge in [-0.3, -0.25) is 9.69 Å². The second-order valence-electron chi connectivity index (χ2n) is 13.0. The van der Waals surface area contributed by atoms with E-state index >= 15 is 0 Å². The molecule has 4 aliphatic rings. The fourth-order valence-electron chi connectivity index (χ4n) is 7.07. The molecule has 0 aromatic heterocycles. The van der Waals surface area contributed by atoms with E-state index in [4.69, 9.17) is 9.90 Å². The van der Waals surface area contributed by atoms with Crippen LogP contribution in [0.1, 0.15) is 83.3 Å². The molecule has 5 rings (SSSR count). The number of rotatable bonds is 8. The summed E-state index contributed by atoms with van der Waals surface area (Å²) in [5.41, 5.74) is 2.13. The zero-order valence-electron chi connectivity index (χ0n) is 24.4. The molecule has 2 N–H and O–H groups in total. The molecule has 4 aliphatic carbocycles. The molecule has 5 atom stereocenters. The summed E-state index contributed by atoms with van der Waals surface area (Å²) in [6.07, 6.45) is -2.05. The molecule has 0 aliphatic heterocycles. The number of hydrogen-bond donors (Lipinski definition) is 2. The molecule has 2 fully saturated rings. The van der Waals surface area contributed by atoms with Gasteiger partial charge in [-0.2, -0.15) is 26.3 Å². The highest BCUT2D eigenvalue weighted by Gasteiger charge is 2.51. The molecule has 236 valence electrons. The second-order valence-corrected chi connectivity index (χ2v) is 13.0. The summed E-state index contributed by atoms with van der Waals surface area (Å²) in [5, 5.41) is 16.5. The Bertz CT molecular complexity index is 1130. The van der Waals surface area contributed by atoms with Crippen molar-refractivity contribution in [1.82, 2.24) is 4.90 Å². The number of fused-ring (bicyclic) bond motifs is 1. The Kier molecular flexibility index (Phi) is 10.5. The smallest absolute Gasteiger partial charge is 0.481 e. The Labute approximate surface area is 243 Å². The maximum Gasteiger partial charge on any atom is 0.490 e. The topological polar surface area (TPSA) is 77.8 Å². The SMILES string of the molecule is CC(C)CN(CC1=CCC2CC1C2(C)C)[C@@H]1CC[C@@H](CC(=O)O)C[C@H]1c1ccc(C(F)(F)F)cc1.O=C(O)C(F)(F)F. The minimum absolute atomic E-state index is 0.0282. The predicted molar refractivity (Wildman–Crippen MR) is 146 cm³/mol. The Morgan fingerprint density at radius 3 is 2.05 bits per heavy atom. The van der Waals surface area contributed by atoms with Gasteiger partial charge in [0, 0.05) is 25.6 Å². The molecule has 2 unspecified atom stereocenters. The summed E-state index contributed by atoms with van der Waals surface area (Å²) >= 11 is 0. The van der Waals surface area contributed by atoms with Crippen LogP contribution in [0.2, 0.25) is 0 Å². The highest BCUT2D eigenvalue weighted by Crippen LogP contribution is 2.59. The van der Waals surface area contributed by atoms with Crippen molar-refractivity contribution in [2.45, 2.75) is 90.5 Å². The minimum atomic E-state index is -5.08. The van der Waals surface area contributed by atoms with Crippen molar-refractivity contribution in [1.29, 1.82) is 0 Å². The van der Waals surface area contributed by atoms with Crippen molar-refractivity contribution < 1.29 is 46.1 Å². The van der Waals surface area contributed by atoms with Crippen molar-refractivity contribution in [3.8, 4) is 0 Å². The maximum atomic E-state index is 13.2. The third kappa shape index (κ3) is 8.29. The lowest BCUT2D eigenvalue weighted by molar-refractivity contribution is -0.192. The van der Waals surface area contributed by atoms with Crippen LogP contribution in [0.25, 0.3) is 0 Å². The van der Waals surface area contributed by atoms with Gasteiger partial charge in [0.25, 0.3) is 0 Å². The van der Waals surface area contributed by atoms with Crippen LogP contribution in [0.3, 0.4) is 0 Å². The van der Waals surface area contributed by atoms with Gasteiger partial charge >= 0.3 is 24.3 Å². The van der Waals surface area contributed by atoms with Crippen LogP contribution in [-0.2, 0) is 15.8 Å². The van der Waals surface area contributed by atoms with E-state index < -0.39 is 29.9 Å². The monoisotopic (exact) mass is 605 g/mol. The molecule has 0 amide bonds. The van der Waals surface area contributed by atoms with Crippen LogP contribution in [-0.4, -0.2) is 52.4 Å². The molecule has 0 heterocycles. The van der Waals surface area contributed by atoms with Crippen LogP contribution < -0.4 is 0 Å². The zero-order valence-corrected chi connectivity index (χ0v) is 24.4. The highest BCUT2D eigenvalue weighted by molar-refractivity contribution is 5.73. The Balaban J connectivity index is 0.000000616. The van der Waals surface area contributed by atoms with Gasteiger partial charge in [-0.15, -0.1) is 0 Å². The maximum absolute atomic E-state index is 13.2. The van der Waals surface area contributed by atoms with Crippen LogP contribution >= 0.6 is 0 Å². The van der Waals surface area contributed by atoms with Gasteiger partial charge in [-0.05, 0) is 84.8 Å². The minimum Gasteiger partial charge on any atom is -0.481 e. The number of alkyl halides is 6. The first-order valence-electron chi connectivity index (χ1n) is 14.4. The molecular weight excluding hydrogens is 564 g/mol. The number of nitrogens with zero attached hydrogens (tertiary/aromatic N) is 1. The third-order valence-electron chi connectivity index (χ3n) is 9.33. The fraction of sp³-hybridized carbons (Fsp3) is 0.677. The predicted octanol–water partition coefficient (Wildman–Crippen LogP) is 8.02. The van der Waals surface area contributed by atoms with Gasteiger partial charge in [0.05, 0.1) is 5.56 Å². The van der Waals surface area contributed by atoms with Crippen molar-refractivity contribution >= 4 is 11.9 Å². The fourth-order valence-corrected chi connectivity index (χ4v) is 7.07. The molecule has 11 heteroatoms. The quantitative estimate of drug-likeness (QED) is 0.232. The summed E-state index contributed by atoms with van der Waals surface area (Å²) in [6.45, 7) is 11.0. The average Bonchev–Trinajstić information content (AvgIpc) is 2.87. The summed E-state index contributed by atoms with van der Waals surface area (Å²) in [4.78, 5) is 22.9. The number of carbonyl (C=O) groups is 2. The van der Waals surface area contributed by atoms with Crippen LogP contribution in [0.5, 0.6) is 0 Å². The molecule has 42 heavy (non-hydrogen) atoms. The number of carboxylic acid groups (broad SMARTS) is 2. The number of aliphatic carboxylic acids is 2. The van der Waals surface area contributed by atoms with Crippen molar-refractivity contribution in [2.24, 2.45) is 29.1 Å². The van der Waals surface area contributed by atoms with Gasteiger partial charge < -0.3 is 10.2 Å². The van der Waals surface area contributed by atoms with Crippen molar-refractivity contribution in [3.63, 3.8) is 0 Å². The number of benzene rings is 1. The molecule has 5 nitrogen and oxygen atoms in total. The lowest BCUT2D eigenvalue weighted by Crippen LogP contribution is -2.52. The molecule has 0 saturated heterocycles. The Morgan fingerprint density at radius 2 is 1.60 bits per heavy atom. The first-order chi connectivity index (χ1) is 19.3. The largest absolute Gasteiger partial charge is 0.490 e. The standard InChI is InChI=1S/C29H40F3NO2.C2HF3O2/c1-18(2)16-33(17-21-8-11-23-15-25(21)28(23,3)4)26-12-5-19(14-27(34)35)13-24(26)20-6-9-22(10-7-20)29(30,31)32;3-2(4,5)1(6)7/h6-10,18-19,23-26H,5,11-17H2,1-4H3,(H,34,35);(H,6,7)/t19-,23?,24+,25?,26-;/m1./s1. The van der Waals surface area contributed by atoms with E-state index in [-0.39, 0.29) is 24.3 Å². The number of carboxylic acids is 2. The molecule has 1 aromatic carbocycles. The summed E-state index contributed by atoms with van der Waals surface area (Å²) in [6, 6.07) is 5.80. The average molecular weight is 606 g/mol. The zero-order chi connectivity index (χ0) is 31.6. The first-order valence-corrected chi connectivity index (χ1v) is 14.4. The summed E-state index contributed by atoms with van der Waals surface area (Å²) in [7, 11) is 0. The molecular formula is C31H41F6NO4. The Morgan fingerprint density at radius 1 is 1.00 bits per heavy atom. The van der Waals surface area contributed by atoms with Gasteiger partial charge in [0.1, 0.15) is 0 Å². The Hall–Kier alpha value is -2.56. The highest BCUT2D eigenvalue weighted by atomic mass is 19.4. The second kappa shape index (κ2) is 13.0. The van der Waals surface area contributed by atoms with Crippen molar-refractivity contribution in [2.75, 3.05) is 13.1 Å². The van der Waals surface area contributed by atoms with E-state index in [1.165, 1.54) is 24.1 Å². The number of halogens is 6. The number of hydrogen-bond acceptors (Lipinski definition) is 3.